The van der Waals surface area contributed by atoms with Crippen LogP contribution in [0.5, 0.6) is 0 Å². The Morgan fingerprint density at radius 2 is 2.00 bits per heavy atom. The van der Waals surface area contributed by atoms with Gasteiger partial charge in [0, 0.05) is 24.3 Å². The van der Waals surface area contributed by atoms with E-state index in [4.69, 9.17) is 5.10 Å². The van der Waals surface area contributed by atoms with Gasteiger partial charge in [0.2, 0.25) is 0 Å². The van der Waals surface area contributed by atoms with Crippen molar-refractivity contribution < 1.29 is 4.79 Å². The Kier molecular flexibility index (Phi) is 3.47. The quantitative estimate of drug-likeness (QED) is 0.869. The van der Waals surface area contributed by atoms with E-state index in [1.165, 1.54) is 18.5 Å². The maximum absolute atomic E-state index is 13.0. The zero-order valence-electron chi connectivity index (χ0n) is 13.8. The highest BCUT2D eigenvalue weighted by Crippen LogP contribution is 2.36. The number of para-hydroxylation sites is 1. The van der Waals surface area contributed by atoms with Crippen molar-refractivity contribution in [2.75, 3.05) is 7.05 Å². The number of fused-ring (bicyclic) bond motifs is 1. The number of rotatable bonds is 4. The number of nitrogens with zero attached hydrogens (tertiary/aromatic N) is 3. The second-order valence-corrected chi connectivity index (χ2v) is 6.87. The van der Waals surface area contributed by atoms with E-state index >= 15 is 0 Å². The van der Waals surface area contributed by atoms with Crippen LogP contribution in [0.1, 0.15) is 47.9 Å². The zero-order chi connectivity index (χ0) is 16.0. The van der Waals surface area contributed by atoms with E-state index in [0.717, 1.165) is 30.5 Å². The molecule has 0 unspecified atom stereocenters. The van der Waals surface area contributed by atoms with Crippen molar-refractivity contribution in [1.29, 1.82) is 0 Å². The molecule has 0 saturated heterocycles. The van der Waals surface area contributed by atoms with Gasteiger partial charge in [0.05, 0.1) is 5.69 Å². The Morgan fingerprint density at radius 1 is 1.26 bits per heavy atom. The molecule has 0 radical (unpaired) electrons. The maximum atomic E-state index is 13.0. The Morgan fingerprint density at radius 3 is 2.70 bits per heavy atom. The van der Waals surface area contributed by atoms with Crippen LogP contribution in [0.3, 0.4) is 0 Å². The molecule has 1 saturated carbocycles. The van der Waals surface area contributed by atoms with Crippen LogP contribution < -0.4 is 0 Å². The van der Waals surface area contributed by atoms with Gasteiger partial charge in [0.1, 0.15) is 0 Å². The van der Waals surface area contributed by atoms with Crippen molar-refractivity contribution >= 4 is 5.91 Å². The predicted octanol–water partition coefficient (Wildman–Crippen LogP) is 3.23. The third-order valence-electron chi connectivity index (χ3n) is 5.37. The average molecular weight is 309 g/mol. The average Bonchev–Trinajstić information content (AvgIpc) is 3.21. The van der Waals surface area contributed by atoms with Gasteiger partial charge in [0.15, 0.2) is 5.69 Å². The van der Waals surface area contributed by atoms with Gasteiger partial charge in [-0.3, -0.25) is 4.79 Å². The topological polar surface area (TPSA) is 38.1 Å². The molecule has 4 nitrogen and oxygen atoms in total. The van der Waals surface area contributed by atoms with Gasteiger partial charge >= 0.3 is 0 Å². The SMILES string of the molecule is C[C@H](C1CC1)N(C)C(=O)c1nn(-c2ccccc2)c2c1CCC2. The first-order chi connectivity index (χ1) is 11.2. The van der Waals surface area contributed by atoms with Crippen LogP contribution >= 0.6 is 0 Å². The highest BCUT2D eigenvalue weighted by atomic mass is 16.2. The Hall–Kier alpha value is -2.10. The van der Waals surface area contributed by atoms with Gasteiger partial charge in [-0.2, -0.15) is 5.10 Å². The van der Waals surface area contributed by atoms with Gasteiger partial charge < -0.3 is 4.90 Å². The lowest BCUT2D eigenvalue weighted by molar-refractivity contribution is 0.0720. The Labute approximate surface area is 137 Å². The molecule has 0 aliphatic heterocycles. The second-order valence-electron chi connectivity index (χ2n) is 6.87. The zero-order valence-corrected chi connectivity index (χ0v) is 13.8. The summed E-state index contributed by atoms with van der Waals surface area (Å²) >= 11 is 0. The van der Waals surface area contributed by atoms with Crippen molar-refractivity contribution in [3.63, 3.8) is 0 Å². The van der Waals surface area contributed by atoms with E-state index in [9.17, 15) is 4.79 Å². The summed E-state index contributed by atoms with van der Waals surface area (Å²) in [5.74, 6) is 0.755. The third-order valence-corrected chi connectivity index (χ3v) is 5.37. The smallest absolute Gasteiger partial charge is 0.274 e. The molecule has 1 aromatic carbocycles. The maximum Gasteiger partial charge on any atom is 0.274 e. The number of hydrogen-bond donors (Lipinski definition) is 0. The van der Waals surface area contributed by atoms with Crippen LogP contribution in [0, 0.1) is 5.92 Å². The molecule has 1 fully saturated rings. The van der Waals surface area contributed by atoms with Crippen LogP contribution in [0.4, 0.5) is 0 Å². The van der Waals surface area contributed by atoms with E-state index in [1.807, 2.05) is 34.8 Å². The number of aromatic nitrogens is 2. The fraction of sp³-hybridized carbons (Fsp3) is 0.474. The summed E-state index contributed by atoms with van der Waals surface area (Å²) in [6.45, 7) is 2.16. The number of carbonyl (C=O) groups is 1. The summed E-state index contributed by atoms with van der Waals surface area (Å²) in [7, 11) is 1.92. The van der Waals surface area contributed by atoms with E-state index in [2.05, 4.69) is 19.1 Å². The van der Waals surface area contributed by atoms with Gasteiger partial charge in [-0.15, -0.1) is 0 Å². The molecule has 1 amide bonds. The van der Waals surface area contributed by atoms with Gasteiger partial charge in [-0.1, -0.05) is 18.2 Å². The largest absolute Gasteiger partial charge is 0.337 e. The third kappa shape index (κ3) is 2.46. The van der Waals surface area contributed by atoms with Gasteiger partial charge in [-0.05, 0) is 57.1 Å². The Bertz CT molecular complexity index is 731. The molecule has 2 aliphatic rings. The molecular weight excluding hydrogens is 286 g/mol. The van der Waals surface area contributed by atoms with E-state index in [1.54, 1.807) is 0 Å². The van der Waals surface area contributed by atoms with Crippen LogP contribution in [0.15, 0.2) is 30.3 Å². The fourth-order valence-corrected chi connectivity index (χ4v) is 3.64. The standard InChI is InChI=1S/C19H23N3O/c1-13(14-11-12-14)21(2)19(23)18-16-9-6-10-17(16)22(20-18)15-7-4-3-5-8-15/h3-5,7-8,13-14H,6,9-12H2,1-2H3/t13-/m1/s1. The summed E-state index contributed by atoms with van der Waals surface area (Å²) in [5, 5.41) is 4.71. The summed E-state index contributed by atoms with van der Waals surface area (Å²) in [6.07, 6.45) is 5.58. The minimum absolute atomic E-state index is 0.0808. The van der Waals surface area contributed by atoms with Crippen LogP contribution in [-0.2, 0) is 12.8 Å². The van der Waals surface area contributed by atoms with Crippen molar-refractivity contribution in [1.82, 2.24) is 14.7 Å². The summed E-state index contributed by atoms with van der Waals surface area (Å²) in [6, 6.07) is 10.4. The molecule has 1 aromatic heterocycles. The molecule has 23 heavy (non-hydrogen) atoms. The molecule has 0 spiro atoms. The highest BCUT2D eigenvalue weighted by molar-refractivity contribution is 5.94. The summed E-state index contributed by atoms with van der Waals surface area (Å²) in [4.78, 5) is 14.9. The second kappa shape index (κ2) is 5.52. The van der Waals surface area contributed by atoms with Gasteiger partial charge in [-0.25, -0.2) is 4.68 Å². The summed E-state index contributed by atoms with van der Waals surface area (Å²) < 4.78 is 1.98. The van der Waals surface area contributed by atoms with E-state index in [-0.39, 0.29) is 5.91 Å². The lowest BCUT2D eigenvalue weighted by atomic mass is 10.1. The molecule has 0 N–H and O–H groups in total. The predicted molar refractivity (Wildman–Crippen MR) is 89.9 cm³/mol. The van der Waals surface area contributed by atoms with Gasteiger partial charge in [0.25, 0.3) is 5.91 Å². The number of hydrogen-bond acceptors (Lipinski definition) is 2. The molecule has 1 atom stereocenters. The Balaban J connectivity index is 1.71. The molecule has 4 heteroatoms. The first-order valence-corrected chi connectivity index (χ1v) is 8.60. The van der Waals surface area contributed by atoms with E-state index < -0.39 is 0 Å². The van der Waals surface area contributed by atoms with Crippen LogP contribution in [-0.4, -0.2) is 33.7 Å². The molecule has 2 aliphatic carbocycles. The lowest BCUT2D eigenvalue weighted by Gasteiger charge is -2.24. The first-order valence-electron chi connectivity index (χ1n) is 8.60. The minimum Gasteiger partial charge on any atom is -0.337 e. The lowest BCUT2D eigenvalue weighted by Crippen LogP contribution is -2.37. The monoisotopic (exact) mass is 309 g/mol. The highest BCUT2D eigenvalue weighted by Gasteiger charge is 2.35. The van der Waals surface area contributed by atoms with Crippen molar-refractivity contribution in [2.24, 2.45) is 5.92 Å². The normalized spacial score (nSPS) is 17.8. The first kappa shape index (κ1) is 14.5. The van der Waals surface area contributed by atoms with Crippen molar-refractivity contribution in [2.45, 2.75) is 45.1 Å². The fourth-order valence-electron chi connectivity index (χ4n) is 3.64. The number of amides is 1. The molecule has 1 heterocycles. The molecule has 120 valence electrons. The van der Waals surface area contributed by atoms with Crippen LogP contribution in [0.25, 0.3) is 5.69 Å². The van der Waals surface area contributed by atoms with Crippen molar-refractivity contribution in [3.05, 3.63) is 47.3 Å². The molecule has 2 aromatic rings. The number of carbonyl (C=O) groups excluding carboxylic acids is 1. The van der Waals surface area contributed by atoms with Crippen LogP contribution in [0.2, 0.25) is 0 Å². The van der Waals surface area contributed by atoms with Crippen molar-refractivity contribution in [3.8, 4) is 5.69 Å². The molecule has 0 bridgehead atoms. The molecular formula is C19H23N3O. The van der Waals surface area contributed by atoms with E-state index in [0.29, 0.717) is 17.7 Å². The summed E-state index contributed by atoms with van der Waals surface area (Å²) in [5.41, 5.74) is 4.08. The minimum atomic E-state index is 0.0808. The molecule has 4 rings (SSSR count). The number of benzene rings is 1.